The number of thiazole rings is 1. The fourth-order valence-electron chi connectivity index (χ4n) is 3.09. The van der Waals surface area contributed by atoms with Gasteiger partial charge < -0.3 is 10.1 Å². The lowest BCUT2D eigenvalue weighted by atomic mass is 10.2. The zero-order chi connectivity index (χ0) is 22.0. The number of methoxy groups -OCH3 is 1. The standard InChI is InChI=1S/C22H20FN5O2S/c1-13-20(21(29)24-12-15-7-9-16(23)10-8-15)31-22(25-13)19-14(2)28(27-26-19)17-5-4-6-18(11-17)30-3/h4-11H,12H2,1-3H3,(H,24,29). The Labute approximate surface area is 182 Å². The molecule has 0 bridgehead atoms. The van der Waals surface area contributed by atoms with Crippen molar-refractivity contribution in [1.82, 2.24) is 25.3 Å². The molecule has 1 N–H and O–H groups in total. The average molecular weight is 438 g/mol. The summed E-state index contributed by atoms with van der Waals surface area (Å²) in [5.41, 5.74) is 3.68. The monoisotopic (exact) mass is 437 g/mol. The molecule has 0 atom stereocenters. The summed E-state index contributed by atoms with van der Waals surface area (Å²) in [6.45, 7) is 3.99. The number of ether oxygens (including phenoxy) is 1. The molecule has 0 radical (unpaired) electrons. The van der Waals surface area contributed by atoms with Gasteiger partial charge in [-0.15, -0.1) is 16.4 Å². The Morgan fingerprint density at radius 3 is 2.71 bits per heavy atom. The van der Waals surface area contributed by atoms with Crippen LogP contribution in [0.4, 0.5) is 4.39 Å². The van der Waals surface area contributed by atoms with E-state index in [9.17, 15) is 9.18 Å². The Balaban J connectivity index is 1.55. The van der Waals surface area contributed by atoms with Crippen molar-refractivity contribution in [3.05, 3.63) is 76.2 Å². The van der Waals surface area contributed by atoms with Crippen LogP contribution in [0.5, 0.6) is 5.75 Å². The topological polar surface area (TPSA) is 81.9 Å². The first-order chi connectivity index (χ1) is 15.0. The first-order valence-corrected chi connectivity index (χ1v) is 10.3. The Bertz CT molecular complexity index is 1230. The summed E-state index contributed by atoms with van der Waals surface area (Å²) in [7, 11) is 1.61. The van der Waals surface area contributed by atoms with Gasteiger partial charge in [-0.25, -0.2) is 14.1 Å². The highest BCUT2D eigenvalue weighted by atomic mass is 32.1. The summed E-state index contributed by atoms with van der Waals surface area (Å²) >= 11 is 1.26. The van der Waals surface area contributed by atoms with E-state index in [1.54, 1.807) is 30.8 Å². The molecule has 0 fully saturated rings. The maximum atomic E-state index is 13.0. The number of nitrogens with zero attached hydrogens (tertiary/aromatic N) is 4. The van der Waals surface area contributed by atoms with Gasteiger partial charge in [0.1, 0.15) is 27.1 Å². The molecule has 1 amide bonds. The minimum absolute atomic E-state index is 0.233. The fraction of sp³-hybridized carbons (Fsp3) is 0.182. The van der Waals surface area contributed by atoms with E-state index in [2.05, 4.69) is 20.6 Å². The van der Waals surface area contributed by atoms with Gasteiger partial charge in [0.05, 0.1) is 24.2 Å². The van der Waals surface area contributed by atoms with Crippen LogP contribution in [-0.4, -0.2) is 33.0 Å². The molecule has 4 aromatic rings. The lowest BCUT2D eigenvalue weighted by Gasteiger charge is -2.05. The molecule has 9 heteroatoms. The van der Waals surface area contributed by atoms with E-state index in [0.717, 1.165) is 22.7 Å². The van der Waals surface area contributed by atoms with E-state index in [-0.39, 0.29) is 11.7 Å². The van der Waals surface area contributed by atoms with Crippen molar-refractivity contribution in [2.75, 3.05) is 7.11 Å². The summed E-state index contributed by atoms with van der Waals surface area (Å²) in [5, 5.41) is 12.0. The van der Waals surface area contributed by atoms with Crippen LogP contribution in [0.2, 0.25) is 0 Å². The second-order valence-corrected chi connectivity index (χ2v) is 7.88. The number of hydrogen-bond acceptors (Lipinski definition) is 6. The molecule has 31 heavy (non-hydrogen) atoms. The van der Waals surface area contributed by atoms with Gasteiger partial charge in [0.15, 0.2) is 0 Å². The number of carbonyl (C=O) groups is 1. The number of benzene rings is 2. The van der Waals surface area contributed by atoms with E-state index in [1.165, 1.54) is 23.5 Å². The fourth-order valence-corrected chi connectivity index (χ4v) is 4.11. The highest BCUT2D eigenvalue weighted by molar-refractivity contribution is 7.17. The Morgan fingerprint density at radius 1 is 1.19 bits per heavy atom. The van der Waals surface area contributed by atoms with Crippen molar-refractivity contribution in [3.8, 4) is 22.1 Å². The smallest absolute Gasteiger partial charge is 0.263 e. The molecule has 0 aliphatic carbocycles. The number of aryl methyl sites for hydroxylation is 1. The zero-order valence-corrected chi connectivity index (χ0v) is 18.0. The van der Waals surface area contributed by atoms with Gasteiger partial charge in [0, 0.05) is 12.6 Å². The highest BCUT2D eigenvalue weighted by Gasteiger charge is 2.20. The lowest BCUT2D eigenvalue weighted by Crippen LogP contribution is -2.22. The van der Waals surface area contributed by atoms with E-state index in [0.29, 0.717) is 27.8 Å². The quantitative estimate of drug-likeness (QED) is 0.491. The van der Waals surface area contributed by atoms with Crippen LogP contribution < -0.4 is 10.1 Å². The minimum Gasteiger partial charge on any atom is -0.497 e. The van der Waals surface area contributed by atoms with Crippen molar-refractivity contribution in [1.29, 1.82) is 0 Å². The predicted molar refractivity (Wildman–Crippen MR) is 116 cm³/mol. The number of amides is 1. The molecule has 0 unspecified atom stereocenters. The SMILES string of the molecule is COc1cccc(-n2nnc(-c3nc(C)c(C(=O)NCc4ccc(F)cc4)s3)c2C)c1. The van der Waals surface area contributed by atoms with Gasteiger partial charge in [-0.05, 0) is 43.7 Å². The number of rotatable bonds is 6. The number of carbonyl (C=O) groups excluding carboxylic acids is 1. The van der Waals surface area contributed by atoms with Crippen LogP contribution in [0, 0.1) is 19.7 Å². The molecular weight excluding hydrogens is 417 g/mol. The molecule has 2 heterocycles. The normalized spacial score (nSPS) is 10.8. The van der Waals surface area contributed by atoms with Gasteiger partial charge in [0.2, 0.25) is 0 Å². The van der Waals surface area contributed by atoms with E-state index >= 15 is 0 Å². The second-order valence-electron chi connectivity index (χ2n) is 6.88. The third-order valence-electron chi connectivity index (χ3n) is 4.76. The minimum atomic E-state index is -0.310. The molecule has 2 aromatic carbocycles. The molecule has 0 saturated carbocycles. The summed E-state index contributed by atoms with van der Waals surface area (Å²) in [5.74, 6) is 0.179. The number of hydrogen-bond donors (Lipinski definition) is 1. The molecule has 0 spiro atoms. The second kappa shape index (κ2) is 8.65. The molecule has 7 nitrogen and oxygen atoms in total. The number of halogens is 1. The average Bonchev–Trinajstić information content (AvgIpc) is 3.35. The molecule has 0 aliphatic rings. The zero-order valence-electron chi connectivity index (χ0n) is 17.2. The van der Waals surface area contributed by atoms with Gasteiger partial charge in [-0.1, -0.05) is 23.4 Å². The Morgan fingerprint density at radius 2 is 1.97 bits per heavy atom. The number of aromatic nitrogens is 4. The van der Waals surface area contributed by atoms with Gasteiger partial charge >= 0.3 is 0 Å². The first-order valence-electron chi connectivity index (χ1n) is 9.53. The van der Waals surface area contributed by atoms with Gasteiger partial charge in [-0.3, -0.25) is 4.79 Å². The maximum absolute atomic E-state index is 13.0. The summed E-state index contributed by atoms with van der Waals surface area (Å²) in [6, 6.07) is 13.5. The van der Waals surface area contributed by atoms with E-state index in [1.807, 2.05) is 31.2 Å². The predicted octanol–water partition coefficient (Wildman–Crippen LogP) is 4.09. The lowest BCUT2D eigenvalue weighted by molar-refractivity contribution is 0.0954. The van der Waals surface area contributed by atoms with E-state index < -0.39 is 0 Å². The largest absolute Gasteiger partial charge is 0.497 e. The van der Waals surface area contributed by atoms with E-state index in [4.69, 9.17) is 4.74 Å². The molecule has 0 aliphatic heterocycles. The molecule has 0 saturated heterocycles. The molecular formula is C22H20FN5O2S. The van der Waals surface area contributed by atoms with Crippen LogP contribution in [0.1, 0.15) is 26.6 Å². The number of nitrogens with one attached hydrogen (secondary N) is 1. The van der Waals surface area contributed by atoms with Crippen LogP contribution in [0.3, 0.4) is 0 Å². The van der Waals surface area contributed by atoms with Crippen LogP contribution in [0.15, 0.2) is 48.5 Å². The summed E-state index contributed by atoms with van der Waals surface area (Å²) in [6.07, 6.45) is 0. The summed E-state index contributed by atoms with van der Waals surface area (Å²) in [4.78, 5) is 17.7. The van der Waals surface area contributed by atoms with Crippen LogP contribution in [0.25, 0.3) is 16.4 Å². The van der Waals surface area contributed by atoms with Gasteiger partial charge in [0.25, 0.3) is 5.91 Å². The molecule has 4 rings (SSSR count). The van der Waals surface area contributed by atoms with Crippen molar-refractivity contribution >= 4 is 17.2 Å². The van der Waals surface area contributed by atoms with Crippen molar-refractivity contribution in [2.24, 2.45) is 0 Å². The molecule has 2 aromatic heterocycles. The third-order valence-corrected chi connectivity index (χ3v) is 5.93. The van der Waals surface area contributed by atoms with Crippen LogP contribution >= 0.6 is 11.3 Å². The summed E-state index contributed by atoms with van der Waals surface area (Å²) < 4.78 is 20.0. The third kappa shape index (κ3) is 4.31. The van der Waals surface area contributed by atoms with Crippen LogP contribution in [-0.2, 0) is 6.54 Å². The van der Waals surface area contributed by atoms with Crippen molar-refractivity contribution < 1.29 is 13.9 Å². The van der Waals surface area contributed by atoms with Crippen molar-refractivity contribution in [2.45, 2.75) is 20.4 Å². The van der Waals surface area contributed by atoms with Crippen molar-refractivity contribution in [3.63, 3.8) is 0 Å². The Hall–Kier alpha value is -3.59. The first kappa shape index (κ1) is 20.7. The highest BCUT2D eigenvalue weighted by Crippen LogP contribution is 2.30. The molecule has 158 valence electrons. The Kier molecular flexibility index (Phi) is 5.77. The maximum Gasteiger partial charge on any atom is 0.263 e. The van der Waals surface area contributed by atoms with Gasteiger partial charge in [-0.2, -0.15) is 0 Å².